The average Bonchev–Trinajstić information content (AvgIpc) is 3.41. The Hall–Kier alpha value is -4.91. The van der Waals surface area contributed by atoms with Crippen molar-refractivity contribution in [3.63, 3.8) is 0 Å². The lowest BCUT2D eigenvalue weighted by Crippen LogP contribution is -2.45. The quantitative estimate of drug-likeness (QED) is 0.181. The number of imidazole rings is 1. The molecule has 0 aliphatic carbocycles. The molecule has 13 nitrogen and oxygen atoms in total. The van der Waals surface area contributed by atoms with Gasteiger partial charge in [0.2, 0.25) is 0 Å². The van der Waals surface area contributed by atoms with E-state index in [2.05, 4.69) is 5.32 Å². The van der Waals surface area contributed by atoms with Gasteiger partial charge in [0.1, 0.15) is 17.3 Å². The monoisotopic (exact) mass is 620 g/mol. The largest absolute Gasteiger partial charge is 0.508 e. The SMILES string of the molecule is CCCn1c(=O)c2nc(-c3ccc(OCC(=O)O)cc3)n(C(C(=O)NCC)N(CC)Cc3ccc(O)cc3)c2n(CCC)c1=O. The van der Waals surface area contributed by atoms with Crippen molar-refractivity contribution in [2.75, 3.05) is 19.7 Å². The van der Waals surface area contributed by atoms with Gasteiger partial charge in [-0.1, -0.05) is 32.9 Å². The Kier molecular flexibility index (Phi) is 10.8. The molecule has 0 aliphatic heterocycles. The molecule has 0 spiro atoms. The molecule has 3 N–H and O–H groups in total. The third kappa shape index (κ3) is 7.09. The van der Waals surface area contributed by atoms with Crippen molar-refractivity contribution in [2.45, 2.75) is 66.3 Å². The normalized spacial score (nSPS) is 12.0. The molecule has 2 heterocycles. The number of aryl methyl sites for hydroxylation is 1. The summed E-state index contributed by atoms with van der Waals surface area (Å²) < 4.78 is 9.68. The summed E-state index contributed by atoms with van der Waals surface area (Å²) >= 11 is 0. The molecule has 0 fully saturated rings. The number of benzene rings is 2. The van der Waals surface area contributed by atoms with Gasteiger partial charge in [0, 0.05) is 31.7 Å². The van der Waals surface area contributed by atoms with Crippen LogP contribution in [0.25, 0.3) is 22.6 Å². The number of phenols is 1. The van der Waals surface area contributed by atoms with E-state index in [0.717, 1.165) is 5.56 Å². The number of aliphatic carboxylic acids is 1. The molecule has 0 saturated carbocycles. The van der Waals surface area contributed by atoms with E-state index in [1.54, 1.807) is 53.1 Å². The molecule has 13 heteroatoms. The van der Waals surface area contributed by atoms with E-state index < -0.39 is 30.0 Å². The summed E-state index contributed by atoms with van der Waals surface area (Å²) in [5.74, 6) is -0.747. The fraction of sp³-hybridized carbons (Fsp3) is 0.406. The summed E-state index contributed by atoms with van der Waals surface area (Å²) in [6, 6.07) is 13.2. The number of carbonyl (C=O) groups is 2. The summed E-state index contributed by atoms with van der Waals surface area (Å²) in [6.45, 7) is 8.59. The zero-order valence-electron chi connectivity index (χ0n) is 26.0. The molecule has 4 rings (SSSR count). The van der Waals surface area contributed by atoms with Crippen LogP contribution >= 0.6 is 0 Å². The van der Waals surface area contributed by atoms with Crippen LogP contribution in [0.3, 0.4) is 0 Å². The molecular weight excluding hydrogens is 580 g/mol. The molecule has 45 heavy (non-hydrogen) atoms. The van der Waals surface area contributed by atoms with Gasteiger partial charge in [0.25, 0.3) is 11.5 Å². The summed E-state index contributed by atoms with van der Waals surface area (Å²) in [4.78, 5) is 59.4. The number of carboxylic acids is 1. The molecule has 4 aromatic rings. The van der Waals surface area contributed by atoms with Crippen molar-refractivity contribution in [3.8, 4) is 22.9 Å². The number of rotatable bonds is 15. The van der Waals surface area contributed by atoms with Gasteiger partial charge in [-0.25, -0.2) is 14.6 Å². The van der Waals surface area contributed by atoms with E-state index in [1.807, 2.05) is 32.6 Å². The van der Waals surface area contributed by atoms with Crippen LogP contribution in [-0.4, -0.2) is 65.4 Å². The molecule has 0 aliphatic rings. The first-order chi connectivity index (χ1) is 21.6. The maximum atomic E-state index is 14.0. The Morgan fingerprint density at radius 1 is 0.956 bits per heavy atom. The molecule has 2 aromatic heterocycles. The Labute approximate surface area is 260 Å². The highest BCUT2D eigenvalue weighted by atomic mass is 16.5. The number of hydrogen-bond donors (Lipinski definition) is 3. The number of amides is 1. The number of ether oxygens (including phenoxy) is 1. The van der Waals surface area contributed by atoms with Gasteiger partial charge in [-0.05, 0) is 68.3 Å². The smallest absolute Gasteiger partial charge is 0.341 e. The predicted octanol–water partition coefficient (Wildman–Crippen LogP) is 3.17. The molecule has 1 atom stereocenters. The highest BCUT2D eigenvalue weighted by molar-refractivity contribution is 5.85. The topological polar surface area (TPSA) is 161 Å². The molecule has 1 amide bonds. The van der Waals surface area contributed by atoms with E-state index in [0.29, 0.717) is 50.3 Å². The first-order valence-electron chi connectivity index (χ1n) is 15.1. The number of carboxylic acid groups (broad SMARTS) is 1. The predicted molar refractivity (Wildman–Crippen MR) is 169 cm³/mol. The Morgan fingerprint density at radius 3 is 2.18 bits per heavy atom. The van der Waals surface area contributed by atoms with E-state index in [9.17, 15) is 24.3 Å². The van der Waals surface area contributed by atoms with Crippen LogP contribution in [0.4, 0.5) is 0 Å². The fourth-order valence-electron chi connectivity index (χ4n) is 5.32. The van der Waals surface area contributed by atoms with Crippen molar-refractivity contribution < 1.29 is 24.5 Å². The number of aromatic hydroxyl groups is 1. The Bertz CT molecular complexity index is 1760. The van der Waals surface area contributed by atoms with E-state index in [-0.39, 0.29) is 35.2 Å². The van der Waals surface area contributed by atoms with E-state index >= 15 is 0 Å². The molecule has 1 unspecified atom stereocenters. The van der Waals surface area contributed by atoms with Gasteiger partial charge >= 0.3 is 11.7 Å². The number of nitrogens with zero attached hydrogens (tertiary/aromatic N) is 5. The lowest BCUT2D eigenvalue weighted by molar-refractivity contribution is -0.139. The number of nitrogens with one attached hydrogen (secondary N) is 1. The summed E-state index contributed by atoms with van der Waals surface area (Å²) in [5, 5.41) is 21.8. The second-order valence-electron chi connectivity index (χ2n) is 10.6. The number of phenolic OH excluding ortho intramolecular Hbond substituents is 1. The third-order valence-corrected chi connectivity index (χ3v) is 7.32. The average molecular weight is 621 g/mol. The molecule has 0 radical (unpaired) electrons. The van der Waals surface area contributed by atoms with Crippen LogP contribution in [0.2, 0.25) is 0 Å². The number of fused-ring (bicyclic) bond motifs is 1. The van der Waals surface area contributed by atoms with Crippen molar-refractivity contribution in [2.24, 2.45) is 0 Å². The lowest BCUT2D eigenvalue weighted by atomic mass is 10.1. The summed E-state index contributed by atoms with van der Waals surface area (Å²) in [6.07, 6.45) is 0.123. The fourth-order valence-corrected chi connectivity index (χ4v) is 5.32. The van der Waals surface area contributed by atoms with Gasteiger partial charge < -0.3 is 20.3 Å². The highest BCUT2D eigenvalue weighted by Crippen LogP contribution is 2.31. The van der Waals surface area contributed by atoms with Crippen molar-refractivity contribution >= 4 is 23.0 Å². The molecule has 0 bridgehead atoms. The van der Waals surface area contributed by atoms with Gasteiger partial charge in [-0.3, -0.25) is 28.2 Å². The maximum absolute atomic E-state index is 14.0. The number of aromatic nitrogens is 4. The molecule has 0 saturated heterocycles. The van der Waals surface area contributed by atoms with Gasteiger partial charge in [0.05, 0.1) is 0 Å². The standard InChI is InChI=1S/C32H40N6O7/c1-5-17-36-29-26(31(43)37(18-6-2)32(36)44)34-27(22-11-15-24(16-12-22)45-20-25(40)41)38(29)30(28(42)33-7-3)35(8-4)19-21-9-13-23(39)14-10-21/h9-16,30,39H,5-8,17-20H2,1-4H3,(H,33,42)(H,40,41). The number of carbonyl (C=O) groups excluding carboxylic acids is 1. The van der Waals surface area contributed by atoms with Crippen molar-refractivity contribution in [3.05, 3.63) is 74.9 Å². The van der Waals surface area contributed by atoms with Gasteiger partial charge in [0.15, 0.2) is 23.9 Å². The van der Waals surface area contributed by atoms with E-state index in [4.69, 9.17) is 14.8 Å². The van der Waals surface area contributed by atoms with Crippen LogP contribution < -0.4 is 21.3 Å². The molecular formula is C32H40N6O7. The lowest BCUT2D eigenvalue weighted by Gasteiger charge is -2.32. The highest BCUT2D eigenvalue weighted by Gasteiger charge is 2.34. The van der Waals surface area contributed by atoms with Crippen LogP contribution in [-0.2, 0) is 29.2 Å². The minimum Gasteiger partial charge on any atom is -0.508 e. The molecule has 240 valence electrons. The first kappa shape index (κ1) is 33.0. The van der Waals surface area contributed by atoms with Crippen LogP contribution in [0.5, 0.6) is 11.5 Å². The van der Waals surface area contributed by atoms with Crippen LogP contribution in [0, 0.1) is 0 Å². The van der Waals surface area contributed by atoms with Crippen LogP contribution in [0.1, 0.15) is 52.3 Å². The maximum Gasteiger partial charge on any atom is 0.341 e. The van der Waals surface area contributed by atoms with Crippen molar-refractivity contribution in [1.29, 1.82) is 0 Å². The zero-order valence-corrected chi connectivity index (χ0v) is 26.0. The third-order valence-electron chi connectivity index (χ3n) is 7.32. The van der Waals surface area contributed by atoms with E-state index in [1.165, 1.54) is 9.13 Å². The Morgan fingerprint density at radius 2 is 1.60 bits per heavy atom. The minimum atomic E-state index is -1.11. The van der Waals surface area contributed by atoms with Gasteiger partial charge in [-0.15, -0.1) is 0 Å². The number of hydrogen-bond acceptors (Lipinski definition) is 8. The Balaban J connectivity index is 2.06. The summed E-state index contributed by atoms with van der Waals surface area (Å²) in [5.41, 5.74) is 0.653. The minimum absolute atomic E-state index is 0.0627. The first-order valence-corrected chi connectivity index (χ1v) is 15.1. The summed E-state index contributed by atoms with van der Waals surface area (Å²) in [7, 11) is 0. The zero-order chi connectivity index (χ0) is 32.7. The second kappa shape index (κ2) is 14.7. The second-order valence-corrected chi connectivity index (χ2v) is 10.6. The number of likely N-dealkylation sites (N-methyl/N-ethyl adjacent to an activating group) is 2. The van der Waals surface area contributed by atoms with Gasteiger partial charge in [-0.2, -0.15) is 0 Å². The van der Waals surface area contributed by atoms with Crippen molar-refractivity contribution in [1.82, 2.24) is 28.9 Å². The van der Waals surface area contributed by atoms with Crippen LogP contribution in [0.15, 0.2) is 58.1 Å². The molecule has 2 aromatic carbocycles.